The number of hydrogen-bond acceptors (Lipinski definition) is 6. The van der Waals surface area contributed by atoms with Gasteiger partial charge in [-0.25, -0.2) is 9.18 Å². The number of ether oxygens (including phenoxy) is 1. The Morgan fingerprint density at radius 2 is 2.15 bits per heavy atom. The predicted molar refractivity (Wildman–Crippen MR) is 92.7 cm³/mol. The van der Waals surface area contributed by atoms with Crippen LogP contribution in [-0.2, 0) is 17.9 Å². The maximum absolute atomic E-state index is 13.4. The van der Waals surface area contributed by atoms with Crippen molar-refractivity contribution in [1.29, 1.82) is 5.26 Å². The van der Waals surface area contributed by atoms with Gasteiger partial charge in [-0.15, -0.1) is 0 Å². The third-order valence-corrected chi connectivity index (χ3v) is 4.85. The molecule has 1 amide bonds. The highest BCUT2D eigenvalue weighted by Gasteiger charge is 2.37. The molecule has 1 fully saturated rings. The number of anilines is 1. The molecule has 0 spiro atoms. The van der Waals surface area contributed by atoms with Crippen LogP contribution < -0.4 is 15.3 Å². The third kappa shape index (κ3) is 2.99. The lowest BCUT2D eigenvalue weighted by Gasteiger charge is -2.35. The number of amides is 1. The molecule has 1 atom stereocenters. The second-order valence-electron chi connectivity index (χ2n) is 6.62. The van der Waals surface area contributed by atoms with Gasteiger partial charge in [0.2, 0.25) is 11.8 Å². The van der Waals surface area contributed by atoms with Gasteiger partial charge < -0.3 is 14.5 Å². The van der Waals surface area contributed by atoms with Crippen molar-refractivity contribution in [3.63, 3.8) is 0 Å². The molecule has 1 unspecified atom stereocenters. The van der Waals surface area contributed by atoms with Gasteiger partial charge >= 0.3 is 5.69 Å². The fraction of sp³-hybridized carbons (Fsp3) is 0.333. The quantitative estimate of drug-likeness (QED) is 0.782. The van der Waals surface area contributed by atoms with Gasteiger partial charge in [-0.1, -0.05) is 6.07 Å². The molecule has 9 heteroatoms. The fourth-order valence-corrected chi connectivity index (χ4v) is 3.41. The van der Waals surface area contributed by atoms with Gasteiger partial charge in [-0.3, -0.25) is 9.36 Å². The summed E-state index contributed by atoms with van der Waals surface area (Å²) < 4.78 is 20.5. The Labute approximate surface area is 154 Å². The number of fused-ring (bicyclic) bond motifs is 3. The van der Waals surface area contributed by atoms with Crippen molar-refractivity contribution in [1.82, 2.24) is 14.5 Å². The molecule has 1 aromatic carbocycles. The molecule has 27 heavy (non-hydrogen) atoms. The second-order valence-corrected chi connectivity index (χ2v) is 6.62. The maximum atomic E-state index is 13.4. The van der Waals surface area contributed by atoms with E-state index in [0.29, 0.717) is 24.5 Å². The Morgan fingerprint density at radius 3 is 2.93 bits per heavy atom. The molecule has 1 saturated heterocycles. The van der Waals surface area contributed by atoms with E-state index in [1.807, 2.05) is 4.90 Å². The number of nitrogens with zero attached hydrogens (tertiary/aromatic N) is 5. The molecule has 2 aliphatic rings. The van der Waals surface area contributed by atoms with Crippen LogP contribution in [0.25, 0.3) is 0 Å². The van der Waals surface area contributed by atoms with E-state index in [1.54, 1.807) is 24.1 Å². The van der Waals surface area contributed by atoms with Crippen molar-refractivity contribution in [2.24, 2.45) is 0 Å². The van der Waals surface area contributed by atoms with Gasteiger partial charge in [0.25, 0.3) is 0 Å². The molecular weight excluding hydrogens is 353 g/mol. The predicted octanol–water partition coefficient (Wildman–Crippen LogP) is 0.494. The molecule has 0 radical (unpaired) electrons. The van der Waals surface area contributed by atoms with E-state index in [1.165, 1.54) is 22.8 Å². The van der Waals surface area contributed by atoms with Crippen LogP contribution in [-0.4, -0.2) is 46.5 Å². The molecule has 8 nitrogen and oxygen atoms in total. The van der Waals surface area contributed by atoms with Crippen LogP contribution in [0.15, 0.2) is 29.1 Å². The molecule has 0 saturated carbocycles. The summed E-state index contributed by atoms with van der Waals surface area (Å²) >= 11 is 0. The third-order valence-electron chi connectivity index (χ3n) is 4.85. The number of nitriles is 1. The van der Waals surface area contributed by atoms with Crippen LogP contribution in [0, 0.1) is 17.1 Å². The maximum Gasteiger partial charge on any atom is 0.352 e. The van der Waals surface area contributed by atoms with E-state index in [4.69, 9.17) is 10.00 Å². The molecule has 138 valence electrons. The lowest BCUT2D eigenvalue weighted by atomic mass is 10.1. The summed E-state index contributed by atoms with van der Waals surface area (Å²) in [6.45, 7) is 1.26. The first kappa shape index (κ1) is 17.0. The number of rotatable bonds is 3. The van der Waals surface area contributed by atoms with Crippen LogP contribution in [0.1, 0.15) is 11.1 Å². The minimum absolute atomic E-state index is 0.0122. The fourth-order valence-electron chi connectivity index (χ4n) is 3.41. The highest BCUT2D eigenvalue weighted by Crippen LogP contribution is 2.29. The molecule has 4 rings (SSSR count). The van der Waals surface area contributed by atoms with Crippen LogP contribution in [0.5, 0.6) is 5.88 Å². The van der Waals surface area contributed by atoms with E-state index in [2.05, 4.69) is 4.98 Å². The summed E-state index contributed by atoms with van der Waals surface area (Å²) in [7, 11) is 1.75. The summed E-state index contributed by atoms with van der Waals surface area (Å²) in [6, 6.07) is 7.54. The summed E-state index contributed by atoms with van der Waals surface area (Å²) in [5.74, 6) is 0.122. The Bertz CT molecular complexity index is 1030. The van der Waals surface area contributed by atoms with E-state index in [9.17, 15) is 14.0 Å². The van der Waals surface area contributed by atoms with Crippen molar-refractivity contribution in [2.75, 3.05) is 25.0 Å². The topological polar surface area (TPSA) is 91.5 Å². The molecule has 0 bridgehead atoms. The van der Waals surface area contributed by atoms with Gasteiger partial charge in [-0.2, -0.15) is 10.2 Å². The number of hydrogen-bond donors (Lipinski definition) is 0. The van der Waals surface area contributed by atoms with Gasteiger partial charge in [0.05, 0.1) is 24.7 Å². The highest BCUT2D eigenvalue weighted by atomic mass is 19.1. The summed E-state index contributed by atoms with van der Waals surface area (Å²) in [4.78, 5) is 31.8. The first-order valence-electron chi connectivity index (χ1n) is 8.40. The largest absolute Gasteiger partial charge is 0.473 e. The average molecular weight is 369 g/mol. The number of piperazine rings is 1. The number of aromatic nitrogens is 2. The van der Waals surface area contributed by atoms with E-state index >= 15 is 0 Å². The molecule has 2 aromatic rings. The number of carbonyl (C=O) groups is 1. The zero-order chi connectivity index (χ0) is 19.1. The minimum Gasteiger partial charge on any atom is -0.473 e. The Hall–Kier alpha value is -3.41. The lowest BCUT2D eigenvalue weighted by molar-refractivity contribution is -0.130. The molecule has 1 aromatic heterocycles. The lowest BCUT2D eigenvalue weighted by Crippen LogP contribution is -2.53. The van der Waals surface area contributed by atoms with E-state index < -0.39 is 11.5 Å². The van der Waals surface area contributed by atoms with E-state index in [0.717, 1.165) is 0 Å². The first-order valence-corrected chi connectivity index (χ1v) is 8.40. The number of halogens is 1. The highest BCUT2D eigenvalue weighted by molar-refractivity contribution is 5.83. The monoisotopic (exact) mass is 369 g/mol. The molecular formula is C18H16FN5O3. The second kappa shape index (κ2) is 6.39. The van der Waals surface area contributed by atoms with Crippen LogP contribution in [0.3, 0.4) is 0 Å². The minimum atomic E-state index is -0.596. The van der Waals surface area contributed by atoms with Crippen molar-refractivity contribution >= 4 is 11.7 Å². The van der Waals surface area contributed by atoms with Crippen LogP contribution in [0.2, 0.25) is 0 Å². The molecule has 3 heterocycles. The standard InChI is InChI=1S/C18H16FN5O3/c1-22-7-13-8-24-16(23(13)9-17(22)25)5-15(21-18(24)26)27-10-11-2-3-14(19)12(4-11)6-20/h2-5,13H,7-10H2,1H3. The summed E-state index contributed by atoms with van der Waals surface area (Å²) in [5, 5.41) is 8.90. The summed E-state index contributed by atoms with van der Waals surface area (Å²) in [5.41, 5.74) is 0.0729. The van der Waals surface area contributed by atoms with Gasteiger partial charge in [0, 0.05) is 19.7 Å². The van der Waals surface area contributed by atoms with Crippen LogP contribution in [0.4, 0.5) is 10.2 Å². The molecule has 0 aliphatic carbocycles. The SMILES string of the molecule is CN1CC2Cn3c(cc(OCc4ccc(F)c(C#N)c4)nc3=O)N2CC1=O. The van der Waals surface area contributed by atoms with E-state index in [-0.39, 0.29) is 36.5 Å². The normalized spacial score (nSPS) is 18.1. The van der Waals surface area contributed by atoms with Crippen molar-refractivity contribution in [3.8, 4) is 11.9 Å². The Morgan fingerprint density at radius 1 is 1.33 bits per heavy atom. The van der Waals surface area contributed by atoms with Crippen molar-refractivity contribution in [2.45, 2.75) is 19.2 Å². The number of benzene rings is 1. The average Bonchev–Trinajstić information content (AvgIpc) is 2.99. The van der Waals surface area contributed by atoms with Crippen molar-refractivity contribution < 1.29 is 13.9 Å². The smallest absolute Gasteiger partial charge is 0.352 e. The zero-order valence-corrected chi connectivity index (χ0v) is 14.6. The summed E-state index contributed by atoms with van der Waals surface area (Å²) in [6.07, 6.45) is 0. The Kier molecular flexibility index (Phi) is 4.03. The molecule has 0 N–H and O–H groups in total. The number of carbonyl (C=O) groups excluding carboxylic acids is 1. The molecule has 2 aliphatic heterocycles. The van der Waals surface area contributed by atoms with Gasteiger partial charge in [0.15, 0.2) is 0 Å². The first-order chi connectivity index (χ1) is 13.0. The Balaban J connectivity index is 1.57. The van der Waals surface area contributed by atoms with Crippen LogP contribution >= 0.6 is 0 Å². The number of likely N-dealkylation sites (N-methyl/N-ethyl adjacent to an activating group) is 1. The van der Waals surface area contributed by atoms with Crippen molar-refractivity contribution in [3.05, 3.63) is 51.7 Å². The van der Waals surface area contributed by atoms with Gasteiger partial charge in [0.1, 0.15) is 24.3 Å². The zero-order valence-electron chi connectivity index (χ0n) is 14.6. The van der Waals surface area contributed by atoms with Gasteiger partial charge in [-0.05, 0) is 17.7 Å².